The van der Waals surface area contributed by atoms with Crippen LogP contribution in [0.15, 0.2) is 6.33 Å². The molecule has 5 heteroatoms. The van der Waals surface area contributed by atoms with Gasteiger partial charge in [-0.3, -0.25) is 4.79 Å². The number of hydrogen-bond acceptors (Lipinski definition) is 3. The smallest absolute Gasteiger partial charge is 0.226 e. The van der Waals surface area contributed by atoms with E-state index < -0.39 is 0 Å². The molecule has 1 aromatic rings. The second-order valence-corrected chi connectivity index (χ2v) is 7.97. The number of carbonyl (C=O) groups excluding carboxylic acids is 1. The summed E-state index contributed by atoms with van der Waals surface area (Å²) in [5.74, 6) is 2.14. The van der Waals surface area contributed by atoms with Crippen LogP contribution in [-0.2, 0) is 11.3 Å². The van der Waals surface area contributed by atoms with E-state index in [2.05, 4.69) is 33.5 Å². The number of likely N-dealkylation sites (tertiary alicyclic amines) is 1. The Labute approximate surface area is 145 Å². The van der Waals surface area contributed by atoms with Crippen LogP contribution < -0.4 is 0 Å². The van der Waals surface area contributed by atoms with Gasteiger partial charge in [0.1, 0.15) is 6.33 Å². The molecule has 0 radical (unpaired) electrons. The third-order valence-electron chi connectivity index (χ3n) is 5.50. The van der Waals surface area contributed by atoms with E-state index in [0.29, 0.717) is 11.8 Å². The van der Waals surface area contributed by atoms with E-state index in [1.54, 1.807) is 0 Å². The Bertz CT molecular complexity index is 531. The van der Waals surface area contributed by atoms with E-state index in [-0.39, 0.29) is 12.0 Å². The van der Waals surface area contributed by atoms with Crippen LogP contribution in [0.5, 0.6) is 0 Å². The average molecular weight is 332 g/mol. The van der Waals surface area contributed by atoms with Crippen molar-refractivity contribution in [1.29, 1.82) is 0 Å². The summed E-state index contributed by atoms with van der Waals surface area (Å²) in [5.41, 5.74) is 0. The van der Waals surface area contributed by atoms with E-state index in [9.17, 15) is 4.79 Å². The Hall–Kier alpha value is -1.39. The zero-order chi connectivity index (χ0) is 16.9. The SMILES string of the molecule is CC(C)Cn1cnnc1[C@@H]1CCCN1C(=O)C1CCCCCCC1. The minimum Gasteiger partial charge on any atom is -0.332 e. The van der Waals surface area contributed by atoms with Gasteiger partial charge in [0.15, 0.2) is 5.82 Å². The van der Waals surface area contributed by atoms with E-state index >= 15 is 0 Å². The predicted molar refractivity (Wildman–Crippen MR) is 94.4 cm³/mol. The first kappa shape index (κ1) is 17.4. The number of rotatable bonds is 4. The maximum atomic E-state index is 13.2. The van der Waals surface area contributed by atoms with Gasteiger partial charge in [0, 0.05) is 19.0 Å². The molecule has 2 aliphatic rings. The van der Waals surface area contributed by atoms with Crippen molar-refractivity contribution in [2.45, 2.75) is 84.2 Å². The number of carbonyl (C=O) groups is 1. The van der Waals surface area contributed by atoms with E-state index in [1.807, 2.05) is 6.33 Å². The van der Waals surface area contributed by atoms with Crippen LogP contribution in [0.2, 0.25) is 0 Å². The molecule has 0 spiro atoms. The molecular weight excluding hydrogens is 300 g/mol. The largest absolute Gasteiger partial charge is 0.332 e. The lowest BCUT2D eigenvalue weighted by atomic mass is 9.90. The molecule has 134 valence electrons. The van der Waals surface area contributed by atoms with Gasteiger partial charge in [0.2, 0.25) is 5.91 Å². The summed E-state index contributed by atoms with van der Waals surface area (Å²) in [7, 11) is 0. The first-order chi connectivity index (χ1) is 11.7. The van der Waals surface area contributed by atoms with Gasteiger partial charge in [-0.2, -0.15) is 0 Å². The van der Waals surface area contributed by atoms with Crippen molar-refractivity contribution in [3.63, 3.8) is 0 Å². The van der Waals surface area contributed by atoms with Crippen LogP contribution in [0.25, 0.3) is 0 Å². The van der Waals surface area contributed by atoms with E-state index in [1.165, 1.54) is 32.1 Å². The quantitative estimate of drug-likeness (QED) is 0.838. The number of nitrogens with zero attached hydrogens (tertiary/aromatic N) is 4. The zero-order valence-electron chi connectivity index (χ0n) is 15.3. The van der Waals surface area contributed by atoms with Crippen molar-refractivity contribution in [2.75, 3.05) is 6.54 Å². The highest BCUT2D eigenvalue weighted by molar-refractivity contribution is 5.79. The molecular formula is C19H32N4O. The minimum absolute atomic E-state index is 0.129. The van der Waals surface area contributed by atoms with E-state index in [0.717, 1.165) is 44.6 Å². The van der Waals surface area contributed by atoms with Crippen LogP contribution >= 0.6 is 0 Å². The molecule has 1 aliphatic heterocycles. The highest BCUT2D eigenvalue weighted by Gasteiger charge is 2.36. The molecule has 1 aromatic heterocycles. The van der Waals surface area contributed by atoms with Gasteiger partial charge in [-0.25, -0.2) is 0 Å². The molecule has 2 fully saturated rings. The second kappa shape index (κ2) is 8.13. The molecule has 1 aliphatic carbocycles. The van der Waals surface area contributed by atoms with Crippen LogP contribution in [0.4, 0.5) is 0 Å². The Kier molecular flexibility index (Phi) is 5.90. The fraction of sp³-hybridized carbons (Fsp3) is 0.842. The van der Waals surface area contributed by atoms with Gasteiger partial charge in [0.05, 0.1) is 6.04 Å². The van der Waals surface area contributed by atoms with Gasteiger partial charge in [-0.1, -0.05) is 46.0 Å². The normalized spacial score (nSPS) is 23.5. The summed E-state index contributed by atoms with van der Waals surface area (Å²) < 4.78 is 2.15. The molecule has 1 saturated carbocycles. The van der Waals surface area contributed by atoms with Crippen molar-refractivity contribution in [3.05, 3.63) is 12.2 Å². The van der Waals surface area contributed by atoms with E-state index in [4.69, 9.17) is 0 Å². The van der Waals surface area contributed by atoms with Gasteiger partial charge in [-0.05, 0) is 31.6 Å². The number of hydrogen-bond donors (Lipinski definition) is 0. The van der Waals surface area contributed by atoms with Gasteiger partial charge in [-0.15, -0.1) is 10.2 Å². The van der Waals surface area contributed by atoms with Crippen LogP contribution in [0, 0.1) is 11.8 Å². The van der Waals surface area contributed by atoms with Gasteiger partial charge >= 0.3 is 0 Å². The Morgan fingerprint density at radius 1 is 1.12 bits per heavy atom. The van der Waals surface area contributed by atoms with Crippen molar-refractivity contribution in [1.82, 2.24) is 19.7 Å². The molecule has 0 N–H and O–H groups in total. The molecule has 0 bridgehead atoms. The van der Waals surface area contributed by atoms with Crippen molar-refractivity contribution >= 4 is 5.91 Å². The monoisotopic (exact) mass is 332 g/mol. The zero-order valence-corrected chi connectivity index (χ0v) is 15.3. The van der Waals surface area contributed by atoms with Crippen LogP contribution in [-0.4, -0.2) is 32.1 Å². The molecule has 0 aromatic carbocycles. The van der Waals surface area contributed by atoms with Crippen LogP contribution in [0.3, 0.4) is 0 Å². The summed E-state index contributed by atoms with van der Waals surface area (Å²) in [6, 6.07) is 0.129. The Morgan fingerprint density at radius 2 is 1.83 bits per heavy atom. The van der Waals surface area contributed by atoms with Crippen molar-refractivity contribution in [2.24, 2.45) is 11.8 Å². The van der Waals surface area contributed by atoms with Crippen LogP contribution in [0.1, 0.15) is 83.5 Å². The molecule has 3 rings (SSSR count). The standard InChI is InChI=1S/C19H32N4O/c1-15(2)13-22-14-20-21-18(22)17-11-8-12-23(17)19(24)16-9-6-4-3-5-7-10-16/h14-17H,3-13H2,1-2H3/t17-/m0/s1. The molecule has 1 saturated heterocycles. The fourth-order valence-electron chi connectivity index (χ4n) is 4.29. The molecule has 2 heterocycles. The Balaban J connectivity index is 1.72. The maximum absolute atomic E-state index is 13.2. The van der Waals surface area contributed by atoms with Crippen molar-refractivity contribution < 1.29 is 4.79 Å². The predicted octanol–water partition coefficient (Wildman–Crippen LogP) is 3.96. The highest BCUT2D eigenvalue weighted by atomic mass is 16.2. The van der Waals surface area contributed by atoms with Gasteiger partial charge < -0.3 is 9.47 Å². The van der Waals surface area contributed by atoms with Gasteiger partial charge in [0.25, 0.3) is 0 Å². The Morgan fingerprint density at radius 3 is 2.54 bits per heavy atom. The lowest BCUT2D eigenvalue weighted by Gasteiger charge is -2.29. The second-order valence-electron chi connectivity index (χ2n) is 7.97. The first-order valence-corrected chi connectivity index (χ1v) is 9.85. The molecule has 1 atom stereocenters. The minimum atomic E-state index is 0.129. The highest BCUT2D eigenvalue weighted by Crippen LogP contribution is 2.34. The van der Waals surface area contributed by atoms with Crippen molar-refractivity contribution in [3.8, 4) is 0 Å². The molecule has 5 nitrogen and oxygen atoms in total. The summed E-state index contributed by atoms with van der Waals surface area (Å²) in [5, 5.41) is 8.51. The third-order valence-corrected chi connectivity index (χ3v) is 5.50. The maximum Gasteiger partial charge on any atom is 0.226 e. The summed E-state index contributed by atoms with van der Waals surface area (Å²) >= 11 is 0. The fourth-order valence-corrected chi connectivity index (χ4v) is 4.29. The summed E-state index contributed by atoms with van der Waals surface area (Å²) in [6.45, 7) is 6.21. The topological polar surface area (TPSA) is 51.0 Å². The first-order valence-electron chi connectivity index (χ1n) is 9.85. The summed E-state index contributed by atoms with van der Waals surface area (Å²) in [6.07, 6.45) is 12.4. The average Bonchev–Trinajstić information content (AvgIpc) is 3.14. The number of aromatic nitrogens is 3. The number of amides is 1. The molecule has 1 amide bonds. The summed E-state index contributed by atoms with van der Waals surface area (Å²) in [4.78, 5) is 15.3. The lowest BCUT2D eigenvalue weighted by molar-refractivity contribution is -0.137. The third kappa shape index (κ3) is 3.98. The molecule has 0 unspecified atom stereocenters. The lowest BCUT2D eigenvalue weighted by Crippen LogP contribution is -2.37. The molecule has 24 heavy (non-hydrogen) atoms.